The highest BCUT2D eigenvalue weighted by Gasteiger charge is 2.61. The van der Waals surface area contributed by atoms with E-state index in [-0.39, 0.29) is 13.2 Å². The maximum absolute atomic E-state index is 12.4. The second-order valence-electron chi connectivity index (χ2n) is 7.69. The van der Waals surface area contributed by atoms with Crippen molar-refractivity contribution in [1.82, 2.24) is 5.06 Å². The number of hydrogen-bond donors (Lipinski definition) is 0. The molecule has 0 aliphatic carbocycles. The highest BCUT2D eigenvalue weighted by atomic mass is 16.8. The summed E-state index contributed by atoms with van der Waals surface area (Å²) in [6, 6.07) is 0. The van der Waals surface area contributed by atoms with Gasteiger partial charge in [-0.15, -0.1) is 5.06 Å². The lowest BCUT2D eigenvalue weighted by atomic mass is 9.85. The van der Waals surface area contributed by atoms with Gasteiger partial charge in [0.1, 0.15) is 5.41 Å². The summed E-state index contributed by atoms with van der Waals surface area (Å²) in [5.41, 5.74) is -0.981. The third kappa shape index (κ3) is 2.66. The van der Waals surface area contributed by atoms with E-state index < -0.39 is 59.8 Å². The van der Waals surface area contributed by atoms with Gasteiger partial charge in [-0.3, -0.25) is 14.4 Å². The van der Waals surface area contributed by atoms with E-state index in [9.17, 15) is 14.4 Å². The number of imide groups is 1. The molecule has 3 saturated heterocycles. The van der Waals surface area contributed by atoms with Gasteiger partial charge in [-0.25, -0.2) is 4.84 Å². The van der Waals surface area contributed by atoms with Crippen LogP contribution in [-0.4, -0.2) is 60.8 Å². The van der Waals surface area contributed by atoms with E-state index in [1.165, 1.54) is 0 Å². The van der Waals surface area contributed by atoms with Crippen molar-refractivity contribution in [3.8, 4) is 0 Å². The van der Waals surface area contributed by atoms with E-state index in [1.807, 2.05) is 0 Å². The zero-order chi connectivity index (χ0) is 18.7. The summed E-state index contributed by atoms with van der Waals surface area (Å²) in [6.45, 7) is 4.90. The number of carbonyl (C=O) groups is 3. The van der Waals surface area contributed by atoms with Crippen LogP contribution >= 0.6 is 0 Å². The smallest absolute Gasteiger partial charge is 0.318 e. The third-order valence-electron chi connectivity index (χ3n) is 5.21. The van der Waals surface area contributed by atoms with Crippen LogP contribution in [0.3, 0.4) is 0 Å². The van der Waals surface area contributed by atoms with Gasteiger partial charge in [0.15, 0.2) is 5.79 Å². The number of carbonyl (C=O) groups excluding carboxylic acids is 3. The minimum absolute atomic E-state index is 0.136. The minimum atomic E-state index is -0.981. The second-order valence-corrected chi connectivity index (χ2v) is 7.69. The molecular weight excluding hydrogens is 346 g/mol. The first kappa shape index (κ1) is 17.6. The molecule has 0 aromatic heterocycles. The van der Waals surface area contributed by atoms with Gasteiger partial charge in [-0.1, -0.05) is 12.2 Å². The molecule has 4 atom stereocenters. The normalized spacial score (nSPS) is 36.5. The lowest BCUT2D eigenvalue weighted by Gasteiger charge is -2.39. The molecule has 2 amide bonds. The predicted molar refractivity (Wildman–Crippen MR) is 82.8 cm³/mol. The van der Waals surface area contributed by atoms with Gasteiger partial charge < -0.3 is 18.9 Å². The Morgan fingerprint density at radius 3 is 2.19 bits per heavy atom. The monoisotopic (exact) mass is 367 g/mol. The molecule has 0 N–H and O–H groups in total. The fourth-order valence-electron chi connectivity index (χ4n) is 3.58. The van der Waals surface area contributed by atoms with Crippen LogP contribution in [0, 0.1) is 17.3 Å². The number of rotatable bonds is 4. The van der Waals surface area contributed by atoms with Crippen molar-refractivity contribution in [3.05, 3.63) is 12.2 Å². The first-order valence-electron chi connectivity index (χ1n) is 8.52. The molecule has 26 heavy (non-hydrogen) atoms. The van der Waals surface area contributed by atoms with Crippen molar-refractivity contribution >= 4 is 17.8 Å². The maximum Gasteiger partial charge on any atom is 0.318 e. The van der Waals surface area contributed by atoms with Crippen LogP contribution in [0.1, 0.15) is 20.8 Å². The van der Waals surface area contributed by atoms with Gasteiger partial charge in [0.05, 0.1) is 37.3 Å². The number of amides is 2. The minimum Gasteiger partial charge on any atom is -0.436 e. The maximum atomic E-state index is 12.4. The Bertz CT molecular complexity index is 646. The Labute approximate surface area is 150 Å². The molecule has 4 heterocycles. The summed E-state index contributed by atoms with van der Waals surface area (Å²) >= 11 is 0. The van der Waals surface area contributed by atoms with Crippen LogP contribution < -0.4 is 0 Å². The Hall–Kier alpha value is -1.81. The molecule has 9 nitrogen and oxygen atoms in total. The molecule has 4 aliphatic heterocycles. The summed E-state index contributed by atoms with van der Waals surface area (Å²) in [5.74, 6) is -3.40. The molecule has 0 radical (unpaired) electrons. The standard InChI is InChI=1S/C17H21NO8/c1-16(2)23-6-17(3,7-24-16)15(21)22-8-25-18-13(19)11-9-4-5-10(26-9)12(11)14(18)20/h4-5,9-12H,6-8H2,1-3H3/t9?,10?,11-,12?/m1/s1. The zero-order valence-electron chi connectivity index (χ0n) is 14.8. The molecule has 0 spiro atoms. The van der Waals surface area contributed by atoms with Gasteiger partial charge in [-0.05, 0) is 20.8 Å². The fraction of sp³-hybridized carbons (Fsp3) is 0.706. The molecular formula is C17H21NO8. The Morgan fingerprint density at radius 1 is 1.12 bits per heavy atom. The molecule has 4 rings (SSSR count). The van der Waals surface area contributed by atoms with Gasteiger partial charge in [0.2, 0.25) is 6.79 Å². The lowest BCUT2D eigenvalue weighted by molar-refractivity contribution is -0.285. The summed E-state index contributed by atoms with van der Waals surface area (Å²) in [5, 5.41) is 0.692. The summed E-state index contributed by atoms with van der Waals surface area (Å²) < 4.78 is 21.6. The van der Waals surface area contributed by atoms with E-state index in [1.54, 1.807) is 32.9 Å². The van der Waals surface area contributed by atoms with E-state index in [4.69, 9.17) is 23.8 Å². The van der Waals surface area contributed by atoms with Gasteiger partial charge in [0.25, 0.3) is 11.8 Å². The number of fused-ring (bicyclic) bond motifs is 5. The summed E-state index contributed by atoms with van der Waals surface area (Å²) in [7, 11) is 0. The zero-order valence-corrected chi connectivity index (χ0v) is 14.8. The number of ether oxygens (including phenoxy) is 4. The number of hydrogen-bond acceptors (Lipinski definition) is 8. The molecule has 0 aromatic rings. The molecule has 0 aromatic carbocycles. The van der Waals surface area contributed by atoms with Crippen molar-refractivity contribution < 1.29 is 38.2 Å². The number of esters is 1. The molecule has 0 saturated carbocycles. The third-order valence-corrected chi connectivity index (χ3v) is 5.21. The van der Waals surface area contributed by atoms with Crippen molar-refractivity contribution in [1.29, 1.82) is 0 Å². The topological polar surface area (TPSA) is 101 Å². The largest absolute Gasteiger partial charge is 0.436 e. The van der Waals surface area contributed by atoms with E-state index in [0.717, 1.165) is 0 Å². The van der Waals surface area contributed by atoms with E-state index in [2.05, 4.69) is 0 Å². The first-order chi connectivity index (χ1) is 12.2. The molecule has 3 fully saturated rings. The Morgan fingerprint density at radius 2 is 1.65 bits per heavy atom. The quantitative estimate of drug-likeness (QED) is 0.299. The van der Waals surface area contributed by atoms with Crippen LogP contribution in [-0.2, 0) is 38.2 Å². The van der Waals surface area contributed by atoms with Crippen molar-refractivity contribution in [3.63, 3.8) is 0 Å². The molecule has 9 heteroatoms. The Balaban J connectivity index is 1.31. The predicted octanol–water partition coefficient (Wildman–Crippen LogP) is 0.146. The highest BCUT2D eigenvalue weighted by molar-refractivity contribution is 6.05. The van der Waals surface area contributed by atoms with Gasteiger partial charge in [-0.2, -0.15) is 0 Å². The SMILES string of the molecule is CC1(C)OCC(C)(C(=O)OCON2C(=O)C3C4C=CC(O4)[C@H]3C2=O)CO1. The summed E-state index contributed by atoms with van der Waals surface area (Å²) in [6.07, 6.45) is 2.78. The van der Waals surface area contributed by atoms with Crippen molar-refractivity contribution in [2.75, 3.05) is 20.0 Å². The summed E-state index contributed by atoms with van der Waals surface area (Å²) in [4.78, 5) is 42.2. The highest BCUT2D eigenvalue weighted by Crippen LogP contribution is 2.45. The van der Waals surface area contributed by atoms with Crippen molar-refractivity contribution in [2.45, 2.75) is 38.8 Å². The van der Waals surface area contributed by atoms with Gasteiger partial charge >= 0.3 is 5.97 Å². The van der Waals surface area contributed by atoms with Gasteiger partial charge in [0, 0.05) is 0 Å². The van der Waals surface area contributed by atoms with Crippen LogP contribution in [0.15, 0.2) is 12.2 Å². The molecule has 4 aliphatic rings. The second kappa shape index (κ2) is 5.85. The van der Waals surface area contributed by atoms with Crippen LogP contribution in [0.5, 0.6) is 0 Å². The van der Waals surface area contributed by atoms with E-state index in [0.29, 0.717) is 5.06 Å². The molecule has 3 unspecified atom stereocenters. The van der Waals surface area contributed by atoms with Crippen LogP contribution in [0.4, 0.5) is 0 Å². The molecule has 2 bridgehead atoms. The number of hydroxylamine groups is 2. The first-order valence-corrected chi connectivity index (χ1v) is 8.52. The van der Waals surface area contributed by atoms with Crippen LogP contribution in [0.2, 0.25) is 0 Å². The Kier molecular flexibility index (Phi) is 3.96. The lowest BCUT2D eigenvalue weighted by Crippen LogP contribution is -2.49. The van der Waals surface area contributed by atoms with Crippen molar-refractivity contribution in [2.24, 2.45) is 17.3 Å². The van der Waals surface area contributed by atoms with E-state index >= 15 is 0 Å². The average molecular weight is 367 g/mol. The fourth-order valence-corrected chi connectivity index (χ4v) is 3.58. The van der Waals surface area contributed by atoms with Crippen LogP contribution in [0.25, 0.3) is 0 Å². The average Bonchev–Trinajstić information content (AvgIpc) is 3.27. The molecule has 142 valence electrons. The number of nitrogens with zero attached hydrogens (tertiary/aromatic N) is 1.